The van der Waals surface area contributed by atoms with Crippen molar-refractivity contribution >= 4 is 29.3 Å². The van der Waals surface area contributed by atoms with Crippen molar-refractivity contribution in [2.45, 2.75) is 25.3 Å². The van der Waals surface area contributed by atoms with Crippen molar-refractivity contribution in [2.24, 2.45) is 0 Å². The van der Waals surface area contributed by atoms with Crippen molar-refractivity contribution in [3.8, 4) is 0 Å². The molecule has 0 bridgehead atoms. The molecule has 0 saturated heterocycles. The number of benzene rings is 1. The van der Waals surface area contributed by atoms with E-state index < -0.39 is 17.5 Å². The van der Waals surface area contributed by atoms with Crippen LogP contribution in [0.5, 0.6) is 0 Å². The highest BCUT2D eigenvalue weighted by molar-refractivity contribution is 6.30. The Kier molecular flexibility index (Phi) is 4.85. The van der Waals surface area contributed by atoms with Crippen LogP contribution in [-0.2, 0) is 9.53 Å². The van der Waals surface area contributed by atoms with Crippen molar-refractivity contribution in [3.63, 3.8) is 0 Å². The second-order valence-corrected chi connectivity index (χ2v) is 5.20. The number of carbonyl (C=O) groups is 2. The standard InChI is InChI=1S/C15H17ClN2O3/c1-2-21-13(19)15(9-3-4-10-15)18-14(20)17-12-7-5-11(16)6-8-12/h3-8H,2,9-10H2,1H3,(H2,17,18,20). The topological polar surface area (TPSA) is 67.4 Å². The van der Waals surface area contributed by atoms with E-state index in [0.717, 1.165) is 0 Å². The summed E-state index contributed by atoms with van der Waals surface area (Å²) in [5.74, 6) is -0.416. The second kappa shape index (κ2) is 6.63. The summed E-state index contributed by atoms with van der Waals surface area (Å²) in [6.07, 6.45) is 4.58. The highest BCUT2D eigenvalue weighted by Gasteiger charge is 2.41. The molecule has 0 aliphatic heterocycles. The van der Waals surface area contributed by atoms with Crippen LogP contribution in [0.4, 0.5) is 10.5 Å². The first-order chi connectivity index (χ1) is 10.1. The number of rotatable bonds is 4. The van der Waals surface area contributed by atoms with Crippen LogP contribution in [0.3, 0.4) is 0 Å². The number of amides is 2. The van der Waals surface area contributed by atoms with Crippen molar-refractivity contribution in [1.82, 2.24) is 5.32 Å². The van der Waals surface area contributed by atoms with Crippen LogP contribution in [0.25, 0.3) is 0 Å². The zero-order valence-electron chi connectivity index (χ0n) is 11.7. The summed E-state index contributed by atoms with van der Waals surface area (Å²) in [6, 6.07) is 6.27. The van der Waals surface area contributed by atoms with Crippen molar-refractivity contribution < 1.29 is 14.3 Å². The molecule has 0 unspecified atom stereocenters. The van der Waals surface area contributed by atoms with E-state index >= 15 is 0 Å². The molecule has 0 atom stereocenters. The van der Waals surface area contributed by atoms with E-state index in [9.17, 15) is 9.59 Å². The Bertz CT molecular complexity index is 547. The maximum absolute atomic E-state index is 12.1. The van der Waals surface area contributed by atoms with Gasteiger partial charge >= 0.3 is 12.0 Å². The molecular weight excluding hydrogens is 292 g/mol. The van der Waals surface area contributed by atoms with Gasteiger partial charge in [-0.2, -0.15) is 0 Å². The number of urea groups is 1. The van der Waals surface area contributed by atoms with E-state index in [-0.39, 0.29) is 6.61 Å². The second-order valence-electron chi connectivity index (χ2n) is 4.77. The van der Waals surface area contributed by atoms with Crippen LogP contribution in [-0.4, -0.2) is 24.1 Å². The molecule has 1 aromatic carbocycles. The minimum absolute atomic E-state index is 0.279. The van der Waals surface area contributed by atoms with Crippen LogP contribution in [0, 0.1) is 0 Å². The monoisotopic (exact) mass is 308 g/mol. The normalized spacial score (nSPS) is 15.5. The van der Waals surface area contributed by atoms with Gasteiger partial charge in [0.05, 0.1) is 6.61 Å². The summed E-state index contributed by atoms with van der Waals surface area (Å²) < 4.78 is 5.06. The van der Waals surface area contributed by atoms with Gasteiger partial charge in [0.1, 0.15) is 5.54 Å². The Morgan fingerprint density at radius 1 is 1.24 bits per heavy atom. The quantitative estimate of drug-likeness (QED) is 0.663. The molecule has 6 heteroatoms. The lowest BCUT2D eigenvalue weighted by Crippen LogP contribution is -2.54. The third-order valence-electron chi connectivity index (χ3n) is 3.22. The zero-order valence-corrected chi connectivity index (χ0v) is 12.4. The Morgan fingerprint density at radius 2 is 1.86 bits per heavy atom. The van der Waals surface area contributed by atoms with Gasteiger partial charge in [0.25, 0.3) is 0 Å². The fourth-order valence-corrected chi connectivity index (χ4v) is 2.28. The number of esters is 1. The third-order valence-corrected chi connectivity index (χ3v) is 3.47. The van der Waals surface area contributed by atoms with E-state index in [4.69, 9.17) is 16.3 Å². The van der Waals surface area contributed by atoms with Crippen LogP contribution >= 0.6 is 11.6 Å². The van der Waals surface area contributed by atoms with Gasteiger partial charge in [0.15, 0.2) is 0 Å². The molecule has 2 rings (SSSR count). The molecule has 21 heavy (non-hydrogen) atoms. The highest BCUT2D eigenvalue weighted by Crippen LogP contribution is 2.25. The minimum atomic E-state index is -1.01. The average Bonchev–Trinajstić information content (AvgIpc) is 2.91. The first-order valence-electron chi connectivity index (χ1n) is 6.73. The first kappa shape index (κ1) is 15.4. The van der Waals surface area contributed by atoms with Crippen LogP contribution < -0.4 is 10.6 Å². The lowest BCUT2D eigenvalue weighted by Gasteiger charge is -2.27. The minimum Gasteiger partial charge on any atom is -0.464 e. The number of ether oxygens (including phenoxy) is 1. The molecule has 112 valence electrons. The highest BCUT2D eigenvalue weighted by atomic mass is 35.5. The van der Waals surface area contributed by atoms with Crippen LogP contribution in [0.15, 0.2) is 36.4 Å². The van der Waals surface area contributed by atoms with Crippen LogP contribution in [0.2, 0.25) is 5.02 Å². The molecule has 1 aliphatic rings. The fourth-order valence-electron chi connectivity index (χ4n) is 2.15. The maximum Gasteiger partial charge on any atom is 0.332 e. The van der Waals surface area contributed by atoms with Gasteiger partial charge in [-0.05, 0) is 44.0 Å². The summed E-state index contributed by atoms with van der Waals surface area (Å²) >= 11 is 5.79. The molecule has 2 amide bonds. The summed E-state index contributed by atoms with van der Waals surface area (Å²) in [4.78, 5) is 24.2. The average molecular weight is 309 g/mol. The lowest BCUT2D eigenvalue weighted by atomic mass is 9.97. The predicted octanol–water partition coefficient (Wildman–Crippen LogP) is 3.11. The number of carbonyl (C=O) groups excluding carboxylic acids is 2. The Balaban J connectivity index is 2.02. The van der Waals surface area contributed by atoms with E-state index in [1.165, 1.54) is 0 Å². The molecule has 1 aliphatic carbocycles. The SMILES string of the molecule is CCOC(=O)C1(NC(=O)Nc2ccc(Cl)cc2)CC=CC1. The molecule has 0 spiro atoms. The van der Waals surface area contributed by atoms with Crippen molar-refractivity contribution in [2.75, 3.05) is 11.9 Å². The van der Waals surface area contributed by atoms with E-state index in [1.807, 2.05) is 12.2 Å². The summed E-state index contributed by atoms with van der Waals surface area (Å²) in [5.41, 5.74) is -0.408. The first-order valence-corrected chi connectivity index (χ1v) is 7.10. The predicted molar refractivity (Wildman–Crippen MR) is 81.3 cm³/mol. The molecule has 0 radical (unpaired) electrons. The molecule has 0 saturated carbocycles. The zero-order chi connectivity index (χ0) is 15.3. The van der Waals surface area contributed by atoms with Gasteiger partial charge < -0.3 is 15.4 Å². The Labute approximate surface area is 128 Å². The Hall–Kier alpha value is -2.01. The van der Waals surface area contributed by atoms with Gasteiger partial charge in [0.2, 0.25) is 0 Å². The Morgan fingerprint density at radius 3 is 2.43 bits per heavy atom. The number of nitrogens with one attached hydrogen (secondary N) is 2. The summed E-state index contributed by atoms with van der Waals surface area (Å²) in [5, 5.41) is 5.98. The van der Waals surface area contributed by atoms with Crippen molar-refractivity contribution in [1.29, 1.82) is 0 Å². The number of hydrogen-bond donors (Lipinski definition) is 2. The fraction of sp³-hybridized carbons (Fsp3) is 0.333. The lowest BCUT2D eigenvalue weighted by molar-refractivity contribution is -0.150. The molecule has 0 fully saturated rings. The number of hydrogen-bond acceptors (Lipinski definition) is 3. The van der Waals surface area contributed by atoms with E-state index in [2.05, 4.69) is 10.6 Å². The van der Waals surface area contributed by atoms with E-state index in [0.29, 0.717) is 23.6 Å². The van der Waals surface area contributed by atoms with Gasteiger partial charge in [-0.15, -0.1) is 0 Å². The third kappa shape index (κ3) is 3.76. The summed E-state index contributed by atoms with van der Waals surface area (Å²) in [7, 11) is 0. The smallest absolute Gasteiger partial charge is 0.332 e. The molecule has 5 nitrogen and oxygen atoms in total. The molecular formula is C15H17ClN2O3. The molecule has 2 N–H and O–H groups in total. The van der Waals surface area contributed by atoms with Gasteiger partial charge in [-0.3, -0.25) is 0 Å². The maximum atomic E-state index is 12.1. The van der Waals surface area contributed by atoms with E-state index in [1.54, 1.807) is 31.2 Å². The molecule has 0 aromatic heterocycles. The van der Waals surface area contributed by atoms with Gasteiger partial charge in [-0.1, -0.05) is 23.8 Å². The van der Waals surface area contributed by atoms with Gasteiger partial charge in [-0.25, -0.2) is 9.59 Å². The molecule has 0 heterocycles. The number of anilines is 1. The largest absolute Gasteiger partial charge is 0.464 e. The molecule has 1 aromatic rings. The van der Waals surface area contributed by atoms with Crippen molar-refractivity contribution in [3.05, 3.63) is 41.4 Å². The summed E-state index contributed by atoms with van der Waals surface area (Å²) in [6.45, 7) is 2.02. The van der Waals surface area contributed by atoms with Gasteiger partial charge in [0, 0.05) is 10.7 Å². The van der Waals surface area contributed by atoms with Crippen LogP contribution in [0.1, 0.15) is 19.8 Å². The number of halogens is 1.